The molecule has 0 spiro atoms. The summed E-state index contributed by atoms with van der Waals surface area (Å²) < 4.78 is 6.94. The molecule has 1 saturated heterocycles. The zero-order valence-corrected chi connectivity index (χ0v) is 17.4. The second kappa shape index (κ2) is 7.80. The lowest BCUT2D eigenvalue weighted by atomic mass is 10.1. The van der Waals surface area contributed by atoms with Crippen LogP contribution < -0.4 is 9.64 Å². The van der Waals surface area contributed by atoms with Crippen molar-refractivity contribution in [2.24, 2.45) is 0 Å². The second-order valence-electron chi connectivity index (χ2n) is 7.27. The fraction of sp³-hybridized carbons (Fsp3) is 0.364. The molecule has 146 valence electrons. The molecular formula is C22H25N3O2S. The fourth-order valence-electron chi connectivity index (χ4n) is 3.45. The topological polar surface area (TPSA) is 45.7 Å². The second-order valence-corrected chi connectivity index (χ2v) is 8.28. The van der Waals surface area contributed by atoms with E-state index in [0.29, 0.717) is 13.1 Å². The third kappa shape index (κ3) is 3.69. The van der Waals surface area contributed by atoms with Gasteiger partial charge in [-0.05, 0) is 49.6 Å². The molecule has 1 aromatic heterocycles. The Morgan fingerprint density at radius 1 is 1.04 bits per heavy atom. The van der Waals surface area contributed by atoms with Crippen molar-refractivity contribution >= 4 is 32.6 Å². The molecule has 0 atom stereocenters. The Bertz CT molecular complexity index is 1010. The van der Waals surface area contributed by atoms with Crippen LogP contribution in [0.2, 0.25) is 0 Å². The summed E-state index contributed by atoms with van der Waals surface area (Å²) in [7, 11) is 0. The zero-order valence-electron chi connectivity index (χ0n) is 16.6. The molecule has 0 aliphatic carbocycles. The van der Waals surface area contributed by atoms with E-state index >= 15 is 0 Å². The van der Waals surface area contributed by atoms with Gasteiger partial charge >= 0.3 is 0 Å². The maximum Gasteiger partial charge on any atom is 0.260 e. The van der Waals surface area contributed by atoms with Crippen LogP contribution in [0.25, 0.3) is 10.2 Å². The van der Waals surface area contributed by atoms with Crippen molar-refractivity contribution in [1.82, 2.24) is 9.88 Å². The zero-order chi connectivity index (χ0) is 19.7. The van der Waals surface area contributed by atoms with Crippen molar-refractivity contribution in [3.63, 3.8) is 0 Å². The van der Waals surface area contributed by atoms with Crippen molar-refractivity contribution in [3.05, 3.63) is 53.1 Å². The molecule has 6 heteroatoms. The van der Waals surface area contributed by atoms with E-state index in [2.05, 4.69) is 30.9 Å². The van der Waals surface area contributed by atoms with Gasteiger partial charge in [0.15, 0.2) is 11.7 Å². The van der Waals surface area contributed by atoms with E-state index in [1.807, 2.05) is 36.1 Å². The van der Waals surface area contributed by atoms with Gasteiger partial charge in [-0.25, -0.2) is 4.98 Å². The molecule has 1 fully saturated rings. The lowest BCUT2D eigenvalue weighted by molar-refractivity contribution is -0.133. The maximum atomic E-state index is 12.5. The number of hydrogen-bond donors (Lipinski definition) is 0. The Hall–Kier alpha value is -2.60. The Morgan fingerprint density at radius 3 is 2.54 bits per heavy atom. The SMILES string of the molecule is Cc1ccccc1OCC(=O)N1CCN(c2nc3c(C)c(C)ccc3s2)CC1. The average molecular weight is 396 g/mol. The molecule has 4 rings (SSSR count). The first-order valence-corrected chi connectivity index (χ1v) is 10.4. The maximum absolute atomic E-state index is 12.5. The van der Waals surface area contributed by atoms with Crippen molar-refractivity contribution < 1.29 is 9.53 Å². The quantitative estimate of drug-likeness (QED) is 0.671. The van der Waals surface area contributed by atoms with Gasteiger partial charge < -0.3 is 14.5 Å². The molecule has 0 bridgehead atoms. The molecule has 0 unspecified atom stereocenters. The highest BCUT2D eigenvalue weighted by Crippen LogP contribution is 2.32. The number of amides is 1. The summed E-state index contributed by atoms with van der Waals surface area (Å²) in [5.74, 6) is 0.813. The number of fused-ring (bicyclic) bond motifs is 1. The molecule has 0 saturated carbocycles. The number of benzene rings is 2. The monoisotopic (exact) mass is 395 g/mol. The van der Waals surface area contributed by atoms with Gasteiger partial charge in [-0.1, -0.05) is 35.6 Å². The summed E-state index contributed by atoms with van der Waals surface area (Å²) in [6.45, 7) is 9.32. The van der Waals surface area contributed by atoms with E-state index < -0.39 is 0 Å². The van der Waals surface area contributed by atoms with Gasteiger partial charge in [0.25, 0.3) is 5.91 Å². The number of piperazine rings is 1. The molecule has 5 nitrogen and oxygen atoms in total. The number of carbonyl (C=O) groups is 1. The summed E-state index contributed by atoms with van der Waals surface area (Å²) in [5, 5.41) is 1.05. The van der Waals surface area contributed by atoms with Crippen LogP contribution in [0.1, 0.15) is 16.7 Å². The Labute approximate surface area is 169 Å². The third-order valence-electron chi connectivity index (χ3n) is 5.42. The first kappa shape index (κ1) is 18.7. The van der Waals surface area contributed by atoms with Crippen molar-refractivity contribution in [3.8, 4) is 5.75 Å². The van der Waals surface area contributed by atoms with E-state index in [1.165, 1.54) is 15.8 Å². The van der Waals surface area contributed by atoms with Crippen LogP contribution in [0.15, 0.2) is 36.4 Å². The van der Waals surface area contributed by atoms with Gasteiger partial charge in [0.2, 0.25) is 0 Å². The van der Waals surface area contributed by atoms with Crippen LogP contribution in [0.5, 0.6) is 5.75 Å². The van der Waals surface area contributed by atoms with Crippen LogP contribution >= 0.6 is 11.3 Å². The minimum absolute atomic E-state index is 0.0404. The van der Waals surface area contributed by atoms with Crippen molar-refractivity contribution in [2.75, 3.05) is 37.7 Å². The number of aryl methyl sites for hydroxylation is 3. The first-order valence-electron chi connectivity index (χ1n) is 9.61. The van der Waals surface area contributed by atoms with Crippen LogP contribution in [0.4, 0.5) is 5.13 Å². The Balaban J connectivity index is 1.36. The summed E-state index contributed by atoms with van der Waals surface area (Å²) in [4.78, 5) is 21.6. The smallest absolute Gasteiger partial charge is 0.260 e. The first-order chi connectivity index (χ1) is 13.5. The molecule has 1 aliphatic heterocycles. The van der Waals surface area contributed by atoms with Crippen molar-refractivity contribution in [2.45, 2.75) is 20.8 Å². The van der Waals surface area contributed by atoms with Crippen molar-refractivity contribution in [1.29, 1.82) is 0 Å². The predicted molar refractivity (Wildman–Crippen MR) is 115 cm³/mol. The van der Waals surface area contributed by atoms with Crippen LogP contribution in [0, 0.1) is 20.8 Å². The summed E-state index contributed by atoms with van der Waals surface area (Å²) in [6, 6.07) is 12.1. The lowest BCUT2D eigenvalue weighted by Crippen LogP contribution is -2.50. The number of aromatic nitrogens is 1. The Morgan fingerprint density at radius 2 is 1.79 bits per heavy atom. The van der Waals surface area contributed by atoms with E-state index in [9.17, 15) is 4.79 Å². The standard InChI is InChI=1S/C22H25N3O2S/c1-15-8-9-19-21(17(15)3)23-22(28-19)25-12-10-24(11-13-25)20(26)14-27-18-7-5-4-6-16(18)2/h4-9H,10-14H2,1-3H3. The number of nitrogens with zero attached hydrogens (tertiary/aromatic N) is 3. The number of ether oxygens (including phenoxy) is 1. The van der Waals surface area contributed by atoms with Crippen LogP contribution in [-0.2, 0) is 4.79 Å². The minimum Gasteiger partial charge on any atom is -0.484 e. The minimum atomic E-state index is 0.0404. The largest absolute Gasteiger partial charge is 0.484 e. The molecule has 28 heavy (non-hydrogen) atoms. The van der Waals surface area contributed by atoms with Gasteiger partial charge in [0.05, 0.1) is 10.2 Å². The van der Waals surface area contributed by atoms with Gasteiger partial charge in [-0.3, -0.25) is 4.79 Å². The highest BCUT2D eigenvalue weighted by atomic mass is 32.1. The molecular weight excluding hydrogens is 370 g/mol. The average Bonchev–Trinajstić information content (AvgIpc) is 3.15. The van der Waals surface area contributed by atoms with Crippen LogP contribution in [0.3, 0.4) is 0 Å². The van der Waals surface area contributed by atoms with E-state index in [4.69, 9.17) is 9.72 Å². The number of para-hydroxylation sites is 1. The highest BCUT2D eigenvalue weighted by Gasteiger charge is 2.23. The van der Waals surface area contributed by atoms with Crippen LogP contribution in [-0.4, -0.2) is 48.6 Å². The number of rotatable bonds is 4. The number of hydrogen-bond acceptors (Lipinski definition) is 5. The number of anilines is 1. The summed E-state index contributed by atoms with van der Waals surface area (Å²) in [5.41, 5.74) is 4.67. The molecule has 3 aromatic rings. The van der Waals surface area contributed by atoms with E-state index in [-0.39, 0.29) is 12.5 Å². The van der Waals surface area contributed by atoms with E-state index in [1.54, 1.807) is 11.3 Å². The molecule has 2 aromatic carbocycles. The van der Waals surface area contributed by atoms with E-state index in [0.717, 1.165) is 35.1 Å². The molecule has 1 amide bonds. The Kier molecular flexibility index (Phi) is 5.22. The van der Waals surface area contributed by atoms with Gasteiger partial charge in [0.1, 0.15) is 5.75 Å². The number of thiazole rings is 1. The normalized spacial score (nSPS) is 14.5. The van der Waals surface area contributed by atoms with Gasteiger partial charge in [-0.2, -0.15) is 0 Å². The predicted octanol–water partition coefficient (Wildman–Crippen LogP) is 3.95. The fourth-order valence-corrected chi connectivity index (χ4v) is 4.52. The summed E-state index contributed by atoms with van der Waals surface area (Å²) >= 11 is 1.73. The van der Waals surface area contributed by atoms with Gasteiger partial charge in [-0.15, -0.1) is 0 Å². The van der Waals surface area contributed by atoms with Gasteiger partial charge in [0, 0.05) is 26.2 Å². The molecule has 1 aliphatic rings. The highest BCUT2D eigenvalue weighted by molar-refractivity contribution is 7.22. The molecule has 0 N–H and O–H groups in total. The lowest BCUT2D eigenvalue weighted by Gasteiger charge is -2.34. The third-order valence-corrected chi connectivity index (χ3v) is 6.50. The summed E-state index contributed by atoms with van der Waals surface area (Å²) in [6.07, 6.45) is 0. The number of carbonyl (C=O) groups excluding carboxylic acids is 1. The molecule has 2 heterocycles. The molecule has 0 radical (unpaired) electrons.